The van der Waals surface area contributed by atoms with Gasteiger partial charge in [-0.1, -0.05) is 0 Å². The molecule has 5 rings (SSSR count). The van der Waals surface area contributed by atoms with E-state index in [9.17, 15) is 10.5 Å². The molecule has 0 spiro atoms. The van der Waals surface area contributed by atoms with Crippen LogP contribution in [0.15, 0.2) is 35.9 Å². The number of hydrogen-bond acceptors (Lipinski definition) is 6. The largest absolute Gasteiger partial charge is 0.383 e. The summed E-state index contributed by atoms with van der Waals surface area (Å²) in [5, 5.41) is 19.5. The predicted octanol–water partition coefficient (Wildman–Crippen LogP) is 4.94. The van der Waals surface area contributed by atoms with Crippen molar-refractivity contribution in [1.82, 2.24) is 9.55 Å². The van der Waals surface area contributed by atoms with Crippen LogP contribution in [0.5, 0.6) is 0 Å². The van der Waals surface area contributed by atoms with Crippen LogP contribution >= 0.6 is 0 Å². The van der Waals surface area contributed by atoms with E-state index in [1.165, 1.54) is 5.69 Å². The third-order valence-corrected chi connectivity index (χ3v) is 7.24. The van der Waals surface area contributed by atoms with Crippen LogP contribution in [0.3, 0.4) is 0 Å². The number of allylic oxidation sites excluding steroid dienone is 3. The minimum Gasteiger partial charge on any atom is -0.383 e. The van der Waals surface area contributed by atoms with Crippen LogP contribution in [0.2, 0.25) is 0 Å². The van der Waals surface area contributed by atoms with E-state index in [1.807, 2.05) is 13.8 Å². The lowest BCUT2D eigenvalue weighted by Crippen LogP contribution is -2.36. The summed E-state index contributed by atoms with van der Waals surface area (Å²) in [7, 11) is 0. The lowest BCUT2D eigenvalue weighted by atomic mass is 9.95. The molecule has 0 amide bonds. The number of benzene rings is 1. The van der Waals surface area contributed by atoms with Crippen molar-refractivity contribution in [3.05, 3.63) is 75.2 Å². The minimum atomic E-state index is 0.161. The standard InChI is InChI=1S/C29H28N6O/c1-17-13-21(20(4)35(17)23-7-5-22(6-8-23)34-9-11-36-12-10-34)14-24-18(2)25(15-30)28-27(24)19(3)26(16-31)29(32)33-28/h5-8,13-14H,9-12H2,1-4H3,(H2,32,33)/b24-14-. The van der Waals surface area contributed by atoms with Gasteiger partial charge in [-0.2, -0.15) is 10.5 Å². The van der Waals surface area contributed by atoms with E-state index in [4.69, 9.17) is 10.5 Å². The van der Waals surface area contributed by atoms with Gasteiger partial charge in [0, 0.05) is 41.4 Å². The molecule has 180 valence electrons. The molecule has 7 heteroatoms. The fourth-order valence-electron chi connectivity index (χ4n) is 5.32. The number of anilines is 2. The number of fused-ring (bicyclic) bond motifs is 1. The quantitative estimate of drug-likeness (QED) is 0.574. The van der Waals surface area contributed by atoms with Crippen molar-refractivity contribution >= 4 is 28.7 Å². The second kappa shape index (κ2) is 9.03. The van der Waals surface area contributed by atoms with Gasteiger partial charge >= 0.3 is 0 Å². The Balaban J connectivity index is 1.58. The lowest BCUT2D eigenvalue weighted by Gasteiger charge is -2.29. The molecular weight excluding hydrogens is 448 g/mol. The summed E-state index contributed by atoms with van der Waals surface area (Å²) in [5.74, 6) is 0.161. The minimum absolute atomic E-state index is 0.161. The summed E-state index contributed by atoms with van der Waals surface area (Å²) in [6, 6.07) is 15.3. The zero-order valence-electron chi connectivity index (χ0n) is 21.0. The fourth-order valence-corrected chi connectivity index (χ4v) is 5.32. The Morgan fingerprint density at radius 1 is 1.00 bits per heavy atom. The molecule has 1 saturated heterocycles. The summed E-state index contributed by atoms with van der Waals surface area (Å²) >= 11 is 0. The number of nitrogen functional groups attached to an aromatic ring is 1. The van der Waals surface area contributed by atoms with E-state index in [1.54, 1.807) is 0 Å². The molecule has 2 N–H and O–H groups in total. The highest BCUT2D eigenvalue weighted by atomic mass is 16.5. The van der Waals surface area contributed by atoms with Gasteiger partial charge in [-0.25, -0.2) is 4.98 Å². The van der Waals surface area contributed by atoms with Gasteiger partial charge in [0.05, 0.1) is 30.0 Å². The summed E-state index contributed by atoms with van der Waals surface area (Å²) in [4.78, 5) is 6.78. The predicted molar refractivity (Wildman–Crippen MR) is 142 cm³/mol. The SMILES string of the molecule is CC1=C(C#N)c2nc(N)c(C#N)c(C)c2/C1=C\c1cc(C)n(-c2ccc(N3CCOCC3)cc2)c1C. The maximum Gasteiger partial charge on any atom is 0.142 e. The highest BCUT2D eigenvalue weighted by molar-refractivity contribution is 6.08. The zero-order chi connectivity index (χ0) is 25.6. The van der Waals surface area contributed by atoms with E-state index >= 15 is 0 Å². The van der Waals surface area contributed by atoms with E-state index in [-0.39, 0.29) is 5.82 Å². The molecule has 1 aliphatic heterocycles. The van der Waals surface area contributed by atoms with Gasteiger partial charge in [-0.3, -0.25) is 0 Å². The number of morpholine rings is 1. The first kappa shape index (κ1) is 23.4. The van der Waals surface area contributed by atoms with Crippen LogP contribution in [0.25, 0.3) is 22.9 Å². The molecule has 2 aliphatic rings. The molecule has 1 aromatic carbocycles. The molecule has 0 unspecified atom stereocenters. The van der Waals surface area contributed by atoms with Crippen LogP contribution in [-0.2, 0) is 4.74 Å². The first-order chi connectivity index (χ1) is 17.3. The summed E-state index contributed by atoms with van der Waals surface area (Å²) < 4.78 is 7.71. The molecule has 7 nitrogen and oxygen atoms in total. The number of pyridine rings is 1. The van der Waals surface area contributed by atoms with Gasteiger partial charge in [0.2, 0.25) is 0 Å². The van der Waals surface area contributed by atoms with Crippen molar-refractivity contribution in [1.29, 1.82) is 10.5 Å². The highest BCUT2D eigenvalue weighted by Gasteiger charge is 2.30. The van der Waals surface area contributed by atoms with E-state index in [0.29, 0.717) is 16.8 Å². The smallest absolute Gasteiger partial charge is 0.142 e. The van der Waals surface area contributed by atoms with Crippen molar-refractivity contribution in [3.8, 4) is 17.8 Å². The Morgan fingerprint density at radius 3 is 2.31 bits per heavy atom. The summed E-state index contributed by atoms with van der Waals surface area (Å²) in [6.07, 6.45) is 2.10. The molecule has 36 heavy (non-hydrogen) atoms. The fraction of sp³-hybridized carbons (Fsp3) is 0.276. The van der Waals surface area contributed by atoms with Gasteiger partial charge in [-0.15, -0.1) is 0 Å². The van der Waals surface area contributed by atoms with Crippen LogP contribution in [0.1, 0.15) is 46.3 Å². The van der Waals surface area contributed by atoms with Gasteiger partial charge in [-0.05, 0) is 86.4 Å². The molecule has 2 aromatic heterocycles. The number of ether oxygens (including phenoxy) is 1. The molecular formula is C29H28N6O. The number of nitrogens with zero attached hydrogens (tertiary/aromatic N) is 5. The zero-order valence-corrected chi connectivity index (χ0v) is 21.0. The topological polar surface area (TPSA) is 104 Å². The van der Waals surface area contributed by atoms with Gasteiger partial charge < -0.3 is 19.9 Å². The highest BCUT2D eigenvalue weighted by Crippen LogP contribution is 2.44. The van der Waals surface area contributed by atoms with Crippen molar-refractivity contribution in [2.24, 2.45) is 0 Å². The molecule has 0 bridgehead atoms. The second-order valence-electron chi connectivity index (χ2n) is 9.28. The van der Waals surface area contributed by atoms with E-state index in [0.717, 1.165) is 71.2 Å². The monoisotopic (exact) mass is 476 g/mol. The van der Waals surface area contributed by atoms with Gasteiger partial charge in [0.25, 0.3) is 0 Å². The molecule has 0 atom stereocenters. The third kappa shape index (κ3) is 3.66. The molecule has 3 heterocycles. The normalized spacial score (nSPS) is 16.3. The Bertz CT molecular complexity index is 1520. The Labute approximate surface area is 211 Å². The maximum absolute atomic E-state index is 9.85. The number of aryl methyl sites for hydroxylation is 1. The summed E-state index contributed by atoms with van der Waals surface area (Å²) in [6.45, 7) is 11.3. The number of nitrogens with two attached hydrogens (primary N) is 1. The lowest BCUT2D eigenvalue weighted by molar-refractivity contribution is 0.122. The van der Waals surface area contributed by atoms with Gasteiger partial charge in [0.15, 0.2) is 0 Å². The van der Waals surface area contributed by atoms with Gasteiger partial charge in [0.1, 0.15) is 18.0 Å². The third-order valence-electron chi connectivity index (χ3n) is 7.24. The number of aromatic nitrogens is 2. The van der Waals surface area contributed by atoms with Crippen LogP contribution < -0.4 is 10.6 Å². The van der Waals surface area contributed by atoms with Crippen molar-refractivity contribution in [2.45, 2.75) is 27.7 Å². The average Bonchev–Trinajstić information content (AvgIpc) is 3.31. The number of rotatable bonds is 3. The van der Waals surface area contributed by atoms with Crippen LogP contribution in [0, 0.1) is 43.4 Å². The average molecular weight is 477 g/mol. The van der Waals surface area contributed by atoms with Crippen LogP contribution in [0.4, 0.5) is 11.5 Å². The summed E-state index contributed by atoms with van der Waals surface area (Å²) in [5.41, 5.74) is 16.3. The molecule has 0 saturated carbocycles. The second-order valence-corrected chi connectivity index (χ2v) is 9.28. The molecule has 1 fully saturated rings. The van der Waals surface area contributed by atoms with Crippen molar-refractivity contribution < 1.29 is 4.74 Å². The van der Waals surface area contributed by atoms with Crippen LogP contribution in [-0.4, -0.2) is 35.9 Å². The first-order valence-corrected chi connectivity index (χ1v) is 12.0. The number of nitriles is 2. The molecule has 1 aliphatic carbocycles. The maximum atomic E-state index is 9.85. The Morgan fingerprint density at radius 2 is 1.67 bits per heavy atom. The van der Waals surface area contributed by atoms with Crippen molar-refractivity contribution in [3.63, 3.8) is 0 Å². The van der Waals surface area contributed by atoms with E-state index < -0.39 is 0 Å². The Hall–Kier alpha value is -4.33. The Kier molecular flexibility index (Phi) is 5.88. The number of hydrogen-bond donors (Lipinski definition) is 1. The van der Waals surface area contributed by atoms with E-state index in [2.05, 4.69) is 76.8 Å². The molecule has 0 radical (unpaired) electrons. The molecule has 3 aromatic rings. The first-order valence-electron chi connectivity index (χ1n) is 12.0. The van der Waals surface area contributed by atoms with Crippen molar-refractivity contribution in [2.75, 3.05) is 36.9 Å².